The highest BCUT2D eigenvalue weighted by Crippen LogP contribution is 2.19. The Balaban J connectivity index is 1.96. The summed E-state index contributed by atoms with van der Waals surface area (Å²) in [4.78, 5) is 2.15. The highest BCUT2D eigenvalue weighted by atomic mass is 79.9. The van der Waals surface area contributed by atoms with Crippen molar-refractivity contribution in [2.45, 2.75) is 13.5 Å². The Morgan fingerprint density at radius 3 is 2.52 bits per heavy atom. The molecule has 0 aromatic heterocycles. The van der Waals surface area contributed by atoms with Crippen molar-refractivity contribution in [1.29, 1.82) is 0 Å². The first-order chi connectivity index (χ1) is 10.2. The quantitative estimate of drug-likeness (QED) is 0.796. The first-order valence-electron chi connectivity index (χ1n) is 7.17. The zero-order chi connectivity index (χ0) is 15.1. The average molecular weight is 349 g/mol. The van der Waals surface area contributed by atoms with Gasteiger partial charge in [-0.05, 0) is 48.9 Å². The molecule has 0 atom stereocenters. The molecule has 0 amide bonds. The van der Waals surface area contributed by atoms with E-state index in [0.29, 0.717) is 6.54 Å². The second kappa shape index (κ2) is 8.05. The number of halogens is 1. The van der Waals surface area contributed by atoms with Gasteiger partial charge in [-0.1, -0.05) is 28.1 Å². The van der Waals surface area contributed by atoms with Crippen LogP contribution in [0.2, 0.25) is 0 Å². The normalized spacial score (nSPS) is 10.4. The van der Waals surface area contributed by atoms with E-state index in [1.807, 2.05) is 12.1 Å². The molecule has 0 aliphatic carbocycles. The van der Waals surface area contributed by atoms with Gasteiger partial charge in [-0.2, -0.15) is 0 Å². The van der Waals surface area contributed by atoms with Crippen molar-refractivity contribution >= 4 is 27.3 Å². The van der Waals surface area contributed by atoms with Crippen LogP contribution in [-0.2, 0) is 6.54 Å². The fourth-order valence-electron chi connectivity index (χ4n) is 2.23. The second-order valence-electron chi connectivity index (χ2n) is 4.83. The Hall–Kier alpha value is -1.52. The summed E-state index contributed by atoms with van der Waals surface area (Å²) in [6.45, 7) is 4.63. The molecule has 2 aromatic carbocycles. The minimum absolute atomic E-state index is 0.177. The number of hydrogen-bond donors (Lipinski definition) is 2. The number of nitrogens with zero attached hydrogens (tertiary/aromatic N) is 1. The zero-order valence-electron chi connectivity index (χ0n) is 12.2. The number of anilines is 2. The van der Waals surface area contributed by atoms with Gasteiger partial charge in [0.1, 0.15) is 0 Å². The van der Waals surface area contributed by atoms with Gasteiger partial charge in [0.2, 0.25) is 0 Å². The zero-order valence-corrected chi connectivity index (χ0v) is 13.8. The Labute approximate surface area is 134 Å². The molecular formula is C17H21BrN2O. The molecule has 3 nitrogen and oxygen atoms in total. The Morgan fingerprint density at radius 1 is 1.14 bits per heavy atom. The lowest BCUT2D eigenvalue weighted by Gasteiger charge is -2.22. The third-order valence-electron chi connectivity index (χ3n) is 3.37. The summed E-state index contributed by atoms with van der Waals surface area (Å²) in [7, 11) is 0. The predicted octanol–water partition coefficient (Wildman–Crippen LogP) is 3.88. The van der Waals surface area contributed by atoms with Crippen LogP contribution in [0, 0.1) is 0 Å². The minimum atomic E-state index is 0.177. The monoisotopic (exact) mass is 348 g/mol. The van der Waals surface area contributed by atoms with Gasteiger partial charge in [0.25, 0.3) is 0 Å². The number of aliphatic hydroxyl groups excluding tert-OH is 1. The van der Waals surface area contributed by atoms with Crippen molar-refractivity contribution < 1.29 is 5.11 Å². The van der Waals surface area contributed by atoms with Gasteiger partial charge in [0, 0.05) is 35.5 Å². The van der Waals surface area contributed by atoms with Crippen LogP contribution in [0.15, 0.2) is 53.0 Å². The lowest BCUT2D eigenvalue weighted by Crippen LogP contribution is -2.25. The number of rotatable bonds is 7. The molecule has 0 bridgehead atoms. The van der Waals surface area contributed by atoms with Crippen molar-refractivity contribution in [3.8, 4) is 0 Å². The Kier molecular flexibility index (Phi) is 6.08. The van der Waals surface area contributed by atoms with Crippen LogP contribution in [0.1, 0.15) is 12.5 Å². The van der Waals surface area contributed by atoms with Gasteiger partial charge in [-0.3, -0.25) is 0 Å². The third-order valence-corrected chi connectivity index (χ3v) is 3.86. The fraction of sp³-hybridized carbons (Fsp3) is 0.294. The maximum absolute atomic E-state index is 9.06. The van der Waals surface area contributed by atoms with E-state index < -0.39 is 0 Å². The molecule has 21 heavy (non-hydrogen) atoms. The molecule has 2 aromatic rings. The molecule has 0 unspecified atom stereocenters. The molecule has 2 rings (SSSR count). The van der Waals surface area contributed by atoms with E-state index in [2.05, 4.69) is 69.5 Å². The topological polar surface area (TPSA) is 35.5 Å². The van der Waals surface area contributed by atoms with Crippen LogP contribution in [0.5, 0.6) is 0 Å². The third kappa shape index (κ3) is 4.76. The van der Waals surface area contributed by atoms with Crippen LogP contribution in [0.25, 0.3) is 0 Å². The molecule has 0 fully saturated rings. The van der Waals surface area contributed by atoms with Crippen LogP contribution in [-0.4, -0.2) is 24.8 Å². The van der Waals surface area contributed by atoms with E-state index in [0.717, 1.165) is 28.9 Å². The molecule has 0 saturated carbocycles. The van der Waals surface area contributed by atoms with Crippen molar-refractivity contribution in [2.24, 2.45) is 0 Å². The first-order valence-corrected chi connectivity index (χ1v) is 7.96. The SMILES string of the molecule is CCN(CCO)c1ccc(NCc2cccc(Br)c2)cc1. The van der Waals surface area contributed by atoms with Crippen molar-refractivity contribution in [2.75, 3.05) is 29.9 Å². The van der Waals surface area contributed by atoms with E-state index in [1.165, 1.54) is 5.56 Å². The van der Waals surface area contributed by atoms with Crippen molar-refractivity contribution in [3.63, 3.8) is 0 Å². The maximum atomic E-state index is 9.06. The van der Waals surface area contributed by atoms with Crippen molar-refractivity contribution in [1.82, 2.24) is 0 Å². The molecule has 4 heteroatoms. The van der Waals surface area contributed by atoms with Crippen LogP contribution >= 0.6 is 15.9 Å². The summed E-state index contributed by atoms with van der Waals surface area (Å²) in [6, 6.07) is 16.6. The molecule has 0 heterocycles. The van der Waals surface area contributed by atoms with Crippen molar-refractivity contribution in [3.05, 3.63) is 58.6 Å². The second-order valence-corrected chi connectivity index (χ2v) is 5.75. The van der Waals surface area contributed by atoms with Crippen LogP contribution < -0.4 is 10.2 Å². The van der Waals surface area contributed by atoms with E-state index in [9.17, 15) is 0 Å². The molecule has 0 radical (unpaired) electrons. The molecular weight excluding hydrogens is 328 g/mol. The van der Waals surface area contributed by atoms with Gasteiger partial charge in [-0.25, -0.2) is 0 Å². The Morgan fingerprint density at radius 2 is 1.90 bits per heavy atom. The van der Waals surface area contributed by atoms with Crippen LogP contribution in [0.3, 0.4) is 0 Å². The van der Waals surface area contributed by atoms with E-state index in [-0.39, 0.29) is 6.61 Å². The van der Waals surface area contributed by atoms with Gasteiger partial charge in [0.15, 0.2) is 0 Å². The molecule has 0 aliphatic heterocycles. The summed E-state index contributed by atoms with van der Waals surface area (Å²) in [5.41, 5.74) is 3.47. The lowest BCUT2D eigenvalue weighted by atomic mass is 10.2. The van der Waals surface area contributed by atoms with Gasteiger partial charge >= 0.3 is 0 Å². The van der Waals surface area contributed by atoms with E-state index >= 15 is 0 Å². The standard InChI is InChI=1S/C17H21BrN2O/c1-2-20(10-11-21)17-8-6-16(7-9-17)19-13-14-4-3-5-15(18)12-14/h3-9,12,19,21H,2,10-11,13H2,1H3. The van der Waals surface area contributed by atoms with E-state index in [1.54, 1.807) is 0 Å². The molecule has 112 valence electrons. The number of hydrogen-bond acceptors (Lipinski definition) is 3. The molecule has 0 spiro atoms. The largest absolute Gasteiger partial charge is 0.395 e. The number of benzene rings is 2. The summed E-state index contributed by atoms with van der Waals surface area (Å²) < 4.78 is 1.10. The Bertz CT molecular complexity index is 557. The van der Waals surface area contributed by atoms with Crippen LogP contribution in [0.4, 0.5) is 11.4 Å². The predicted molar refractivity (Wildman–Crippen MR) is 92.9 cm³/mol. The molecule has 0 aliphatic rings. The van der Waals surface area contributed by atoms with Gasteiger partial charge in [-0.15, -0.1) is 0 Å². The number of nitrogens with one attached hydrogen (secondary N) is 1. The van der Waals surface area contributed by atoms with Gasteiger partial charge in [0.05, 0.1) is 6.61 Å². The number of aliphatic hydroxyl groups is 1. The highest BCUT2D eigenvalue weighted by molar-refractivity contribution is 9.10. The smallest absolute Gasteiger partial charge is 0.0606 e. The number of likely N-dealkylation sites (N-methyl/N-ethyl adjacent to an activating group) is 1. The first kappa shape index (κ1) is 15.9. The minimum Gasteiger partial charge on any atom is -0.395 e. The lowest BCUT2D eigenvalue weighted by molar-refractivity contribution is 0.302. The summed E-state index contributed by atoms with van der Waals surface area (Å²) >= 11 is 3.48. The highest BCUT2D eigenvalue weighted by Gasteiger charge is 2.03. The summed E-state index contributed by atoms with van der Waals surface area (Å²) in [6.07, 6.45) is 0. The molecule has 2 N–H and O–H groups in total. The summed E-state index contributed by atoms with van der Waals surface area (Å²) in [5.74, 6) is 0. The fourth-order valence-corrected chi connectivity index (χ4v) is 2.68. The van der Waals surface area contributed by atoms with E-state index in [4.69, 9.17) is 5.11 Å². The summed E-state index contributed by atoms with van der Waals surface area (Å²) in [5, 5.41) is 12.5. The van der Waals surface area contributed by atoms with Gasteiger partial charge < -0.3 is 15.3 Å². The average Bonchev–Trinajstić information content (AvgIpc) is 2.51. The molecule has 0 saturated heterocycles. The maximum Gasteiger partial charge on any atom is 0.0606 e.